The lowest BCUT2D eigenvalue weighted by Crippen LogP contribution is -2.50. The number of pyridine rings is 1. The van der Waals surface area contributed by atoms with Gasteiger partial charge in [0.05, 0.1) is 6.10 Å². The van der Waals surface area contributed by atoms with E-state index in [0.29, 0.717) is 10.8 Å². The van der Waals surface area contributed by atoms with Crippen LogP contribution in [-0.4, -0.2) is 16.2 Å². The molecule has 0 aliphatic heterocycles. The molecule has 0 bridgehead atoms. The number of fused-ring (bicyclic) bond motifs is 5. The summed E-state index contributed by atoms with van der Waals surface area (Å²) in [5.41, 5.74) is 3.95. The molecule has 4 aliphatic rings. The van der Waals surface area contributed by atoms with Crippen LogP contribution in [0.5, 0.6) is 0 Å². The van der Waals surface area contributed by atoms with Crippen molar-refractivity contribution in [3.63, 3.8) is 0 Å². The Morgan fingerprint density at radius 2 is 1.78 bits per heavy atom. The fourth-order valence-corrected chi connectivity index (χ4v) is 8.76. The summed E-state index contributed by atoms with van der Waals surface area (Å²) in [6.07, 6.45) is 19.0. The number of rotatable bonds is 4. The number of aryl methyl sites for hydroxylation is 1. The average molecular weight is 438 g/mol. The Morgan fingerprint density at radius 1 is 1.03 bits per heavy atom. The molecular formula is C30H47NO. The van der Waals surface area contributed by atoms with Crippen molar-refractivity contribution in [3.05, 3.63) is 41.7 Å². The van der Waals surface area contributed by atoms with E-state index in [-0.39, 0.29) is 6.10 Å². The van der Waals surface area contributed by atoms with Gasteiger partial charge < -0.3 is 5.11 Å². The van der Waals surface area contributed by atoms with Gasteiger partial charge in [-0.1, -0.05) is 46.3 Å². The molecule has 5 rings (SSSR count). The highest BCUT2D eigenvalue weighted by Gasteiger charge is 2.59. The standard InChI is InChI=1S/C28H41NO.C2H6/c1-19(4-5-20-12-16-29-17-13-20)24-8-9-25-23-7-6-21-18-22(30)10-14-27(21,2)26(23)11-15-28(24,25)3;1-2/h6,12-13,16-17,19,22-26,30H,4-5,7-11,14-15,18H2,1-3H3;1-2H3/t19-,22?,23?,24?,25?,26?,27?,28?;/m0./s1. The summed E-state index contributed by atoms with van der Waals surface area (Å²) in [5, 5.41) is 10.2. The van der Waals surface area contributed by atoms with Crippen LogP contribution in [-0.2, 0) is 6.42 Å². The summed E-state index contributed by atoms with van der Waals surface area (Å²) >= 11 is 0. The SMILES string of the molecule is CC.C[C@@H](CCc1ccncc1)C1CCC2C3CC=C4CC(O)CCC4(C)C3CCC21C. The lowest BCUT2D eigenvalue weighted by molar-refractivity contribution is -0.0571. The van der Waals surface area contributed by atoms with Crippen LogP contribution >= 0.6 is 0 Å². The molecule has 8 atom stereocenters. The van der Waals surface area contributed by atoms with E-state index in [1.807, 2.05) is 26.2 Å². The lowest BCUT2D eigenvalue weighted by atomic mass is 9.47. The predicted molar refractivity (Wildman–Crippen MR) is 134 cm³/mol. The van der Waals surface area contributed by atoms with Gasteiger partial charge in [-0.05, 0) is 122 Å². The molecule has 4 aliphatic carbocycles. The zero-order valence-electron chi connectivity index (χ0n) is 21.3. The highest BCUT2D eigenvalue weighted by Crippen LogP contribution is 2.67. The Hall–Kier alpha value is -1.15. The van der Waals surface area contributed by atoms with Crippen molar-refractivity contribution in [1.29, 1.82) is 0 Å². The van der Waals surface area contributed by atoms with Crippen molar-refractivity contribution < 1.29 is 5.11 Å². The van der Waals surface area contributed by atoms with E-state index in [1.54, 1.807) is 5.57 Å². The van der Waals surface area contributed by atoms with Crippen LogP contribution in [0, 0.1) is 40.4 Å². The van der Waals surface area contributed by atoms with E-state index in [1.165, 1.54) is 56.9 Å². The topological polar surface area (TPSA) is 33.1 Å². The van der Waals surface area contributed by atoms with Crippen molar-refractivity contribution in [3.8, 4) is 0 Å². The Kier molecular flexibility index (Phi) is 7.20. The van der Waals surface area contributed by atoms with Gasteiger partial charge in [-0.2, -0.15) is 0 Å². The van der Waals surface area contributed by atoms with Crippen LogP contribution in [0.25, 0.3) is 0 Å². The quantitative estimate of drug-likeness (QED) is 0.491. The molecule has 7 unspecified atom stereocenters. The molecule has 3 saturated carbocycles. The fourth-order valence-electron chi connectivity index (χ4n) is 8.76. The van der Waals surface area contributed by atoms with Gasteiger partial charge >= 0.3 is 0 Å². The summed E-state index contributed by atoms with van der Waals surface area (Å²) in [4.78, 5) is 4.17. The van der Waals surface area contributed by atoms with Crippen LogP contribution in [0.1, 0.15) is 98.0 Å². The first kappa shape index (κ1) is 24.0. The maximum atomic E-state index is 10.2. The maximum absolute atomic E-state index is 10.2. The van der Waals surface area contributed by atoms with E-state index in [0.717, 1.165) is 42.4 Å². The van der Waals surface area contributed by atoms with E-state index in [9.17, 15) is 5.11 Å². The minimum atomic E-state index is -0.0909. The molecule has 2 heteroatoms. The first-order valence-corrected chi connectivity index (χ1v) is 13.7. The molecule has 1 N–H and O–H groups in total. The van der Waals surface area contributed by atoms with Gasteiger partial charge in [0.15, 0.2) is 0 Å². The second-order valence-corrected chi connectivity index (χ2v) is 11.8. The predicted octanol–water partition coefficient (Wildman–Crippen LogP) is 7.62. The number of nitrogens with zero attached hydrogens (tertiary/aromatic N) is 1. The molecule has 0 radical (unpaired) electrons. The largest absolute Gasteiger partial charge is 0.393 e. The second kappa shape index (κ2) is 9.61. The molecule has 0 saturated heterocycles. The Morgan fingerprint density at radius 3 is 2.53 bits per heavy atom. The second-order valence-electron chi connectivity index (χ2n) is 11.8. The van der Waals surface area contributed by atoms with Gasteiger partial charge in [0.2, 0.25) is 0 Å². The number of hydrogen-bond acceptors (Lipinski definition) is 2. The van der Waals surface area contributed by atoms with Crippen molar-refractivity contribution in [2.75, 3.05) is 0 Å². The van der Waals surface area contributed by atoms with E-state index in [4.69, 9.17) is 0 Å². The molecule has 178 valence electrons. The number of aliphatic hydroxyl groups excluding tert-OH is 1. The van der Waals surface area contributed by atoms with Gasteiger partial charge in [0.1, 0.15) is 0 Å². The Balaban J connectivity index is 0.00000119. The van der Waals surface area contributed by atoms with Crippen molar-refractivity contribution in [2.24, 2.45) is 40.4 Å². The molecule has 1 heterocycles. The lowest BCUT2D eigenvalue weighted by Gasteiger charge is -2.58. The number of aliphatic hydroxyl groups is 1. The highest BCUT2D eigenvalue weighted by molar-refractivity contribution is 5.25. The number of hydrogen-bond donors (Lipinski definition) is 1. The molecule has 1 aromatic heterocycles. The third-order valence-corrected chi connectivity index (χ3v) is 10.5. The van der Waals surface area contributed by atoms with Crippen molar-refractivity contribution in [1.82, 2.24) is 4.98 Å². The minimum absolute atomic E-state index is 0.0909. The van der Waals surface area contributed by atoms with Crippen LogP contribution in [0.15, 0.2) is 36.2 Å². The monoisotopic (exact) mass is 437 g/mol. The minimum Gasteiger partial charge on any atom is -0.393 e. The zero-order chi connectivity index (χ0) is 22.9. The van der Waals surface area contributed by atoms with E-state index < -0.39 is 0 Å². The van der Waals surface area contributed by atoms with E-state index >= 15 is 0 Å². The molecule has 0 aromatic carbocycles. The van der Waals surface area contributed by atoms with Gasteiger partial charge in [0.25, 0.3) is 0 Å². The third kappa shape index (κ3) is 4.10. The molecule has 1 aromatic rings. The van der Waals surface area contributed by atoms with Gasteiger partial charge in [-0.25, -0.2) is 0 Å². The van der Waals surface area contributed by atoms with Crippen LogP contribution in [0.4, 0.5) is 0 Å². The van der Waals surface area contributed by atoms with Gasteiger partial charge in [-0.3, -0.25) is 4.98 Å². The van der Waals surface area contributed by atoms with Gasteiger partial charge in [-0.15, -0.1) is 0 Å². The third-order valence-electron chi connectivity index (χ3n) is 10.5. The Bertz CT molecular complexity index is 787. The summed E-state index contributed by atoms with van der Waals surface area (Å²) in [5.74, 6) is 4.33. The first-order chi connectivity index (χ1) is 15.4. The maximum Gasteiger partial charge on any atom is 0.0577 e. The van der Waals surface area contributed by atoms with Crippen molar-refractivity contribution >= 4 is 0 Å². The van der Waals surface area contributed by atoms with Crippen molar-refractivity contribution in [2.45, 2.75) is 105 Å². The molecule has 0 spiro atoms. The normalized spacial score (nSPS) is 41.3. The summed E-state index contributed by atoms with van der Waals surface area (Å²) in [7, 11) is 0. The molecule has 2 nitrogen and oxygen atoms in total. The molecular weight excluding hydrogens is 390 g/mol. The fraction of sp³-hybridized carbons (Fsp3) is 0.767. The molecule has 32 heavy (non-hydrogen) atoms. The summed E-state index contributed by atoms with van der Waals surface area (Å²) < 4.78 is 0. The Labute approximate surface area is 197 Å². The first-order valence-electron chi connectivity index (χ1n) is 13.7. The van der Waals surface area contributed by atoms with Gasteiger partial charge in [0, 0.05) is 12.4 Å². The van der Waals surface area contributed by atoms with Crippen LogP contribution in [0.2, 0.25) is 0 Å². The molecule has 3 fully saturated rings. The number of aromatic nitrogens is 1. The summed E-state index contributed by atoms with van der Waals surface area (Å²) in [6.45, 7) is 11.8. The van der Waals surface area contributed by atoms with Crippen LogP contribution in [0.3, 0.4) is 0 Å². The van der Waals surface area contributed by atoms with Crippen LogP contribution < -0.4 is 0 Å². The average Bonchev–Trinajstić information content (AvgIpc) is 3.17. The number of allylic oxidation sites excluding steroid dienone is 1. The smallest absolute Gasteiger partial charge is 0.0577 e. The van der Waals surface area contributed by atoms with E-state index in [2.05, 4.69) is 44.0 Å². The molecule has 0 amide bonds. The highest BCUT2D eigenvalue weighted by atomic mass is 16.3. The summed E-state index contributed by atoms with van der Waals surface area (Å²) in [6, 6.07) is 4.37. The zero-order valence-corrected chi connectivity index (χ0v) is 21.3.